The van der Waals surface area contributed by atoms with E-state index in [0.717, 1.165) is 0 Å². The molecule has 0 aliphatic heterocycles. The van der Waals surface area contributed by atoms with Crippen molar-refractivity contribution in [3.8, 4) is 0 Å². The Balaban J connectivity index is 1.97. The third-order valence-electron chi connectivity index (χ3n) is 4.71. The highest BCUT2D eigenvalue weighted by atomic mass is 35.5. The summed E-state index contributed by atoms with van der Waals surface area (Å²) in [5, 5.41) is 10.8. The molecule has 0 aliphatic carbocycles. The lowest BCUT2D eigenvalue weighted by Crippen LogP contribution is -2.37. The molecule has 182 valence electrons. The van der Waals surface area contributed by atoms with Gasteiger partial charge in [0.1, 0.15) is 5.60 Å². The molecule has 0 radical (unpaired) electrons. The molecule has 0 unspecified atom stereocenters. The lowest BCUT2D eigenvalue weighted by Gasteiger charge is -2.27. The minimum atomic E-state index is -0.774. The number of nitrogens with zero attached hydrogens (tertiary/aromatic N) is 3. The zero-order chi connectivity index (χ0) is 25.2. The molecule has 0 bridgehead atoms. The predicted molar refractivity (Wildman–Crippen MR) is 128 cm³/mol. The van der Waals surface area contributed by atoms with Crippen LogP contribution in [0.2, 0.25) is 10.0 Å². The fourth-order valence-corrected chi connectivity index (χ4v) is 3.74. The summed E-state index contributed by atoms with van der Waals surface area (Å²) in [6, 6.07) is 4.83. The molecule has 1 aromatic carbocycles. The molecule has 0 fully saturated rings. The van der Waals surface area contributed by atoms with Gasteiger partial charge < -0.3 is 4.74 Å². The van der Waals surface area contributed by atoms with Crippen LogP contribution in [0.5, 0.6) is 0 Å². The normalized spacial score (nSPS) is 11.6. The van der Waals surface area contributed by atoms with Gasteiger partial charge in [0.25, 0.3) is 5.56 Å². The van der Waals surface area contributed by atoms with Crippen LogP contribution in [0.3, 0.4) is 0 Å². The number of carbonyl (C=O) groups excluding carboxylic acids is 1. The van der Waals surface area contributed by atoms with Crippen molar-refractivity contribution in [3.63, 3.8) is 0 Å². The summed E-state index contributed by atoms with van der Waals surface area (Å²) >= 11 is 13.1. The fraction of sp³-hybridized carbons (Fsp3) is 0.409. The molecule has 10 nitrogen and oxygen atoms in total. The van der Waals surface area contributed by atoms with E-state index in [9.17, 15) is 14.4 Å². The Kier molecular flexibility index (Phi) is 7.52. The number of nitrogens with one attached hydrogen (secondary N) is 2. The maximum absolute atomic E-state index is 12.9. The van der Waals surface area contributed by atoms with E-state index in [2.05, 4.69) is 24.9 Å². The quantitative estimate of drug-likeness (QED) is 0.502. The second kappa shape index (κ2) is 10.0. The monoisotopic (exact) mass is 509 g/mol. The van der Waals surface area contributed by atoms with Gasteiger partial charge in [-0.3, -0.25) is 19.2 Å². The molecule has 0 aliphatic rings. The van der Waals surface area contributed by atoms with Crippen LogP contribution in [-0.2, 0) is 17.7 Å². The number of aromatic nitrogens is 4. The highest BCUT2D eigenvalue weighted by molar-refractivity contribution is 6.36. The van der Waals surface area contributed by atoms with E-state index < -0.39 is 17.5 Å². The van der Waals surface area contributed by atoms with Gasteiger partial charge in [0.15, 0.2) is 5.82 Å². The van der Waals surface area contributed by atoms with Gasteiger partial charge in [0.05, 0.1) is 17.9 Å². The van der Waals surface area contributed by atoms with Gasteiger partial charge in [-0.1, -0.05) is 42.2 Å². The molecule has 3 aromatic rings. The Labute approximate surface area is 205 Å². The molecule has 0 spiro atoms. The van der Waals surface area contributed by atoms with E-state index in [1.165, 1.54) is 4.90 Å². The van der Waals surface area contributed by atoms with Crippen molar-refractivity contribution in [1.82, 2.24) is 20.3 Å². The highest BCUT2D eigenvalue weighted by Gasteiger charge is 2.26. The van der Waals surface area contributed by atoms with Crippen LogP contribution in [0.1, 0.15) is 63.2 Å². The number of rotatable bonds is 6. The molecular formula is C22H25Cl2N5O5. The van der Waals surface area contributed by atoms with Crippen LogP contribution in [0.15, 0.2) is 32.3 Å². The average Bonchev–Trinajstić information content (AvgIpc) is 3.13. The molecule has 1 amide bonds. The number of ether oxygens (including phenoxy) is 1. The fourth-order valence-electron chi connectivity index (χ4n) is 3.14. The molecule has 0 atom stereocenters. The predicted octanol–water partition coefficient (Wildman–Crippen LogP) is 4.41. The number of H-pyrrole nitrogens is 2. The van der Waals surface area contributed by atoms with E-state index in [4.69, 9.17) is 27.9 Å². The van der Waals surface area contributed by atoms with E-state index in [1.807, 2.05) is 13.8 Å². The van der Waals surface area contributed by atoms with E-state index in [0.29, 0.717) is 22.5 Å². The maximum Gasteiger partial charge on any atom is 0.438 e. The highest BCUT2D eigenvalue weighted by Crippen LogP contribution is 2.33. The second-order valence-electron chi connectivity index (χ2n) is 8.97. The summed E-state index contributed by atoms with van der Waals surface area (Å²) in [4.78, 5) is 39.9. The summed E-state index contributed by atoms with van der Waals surface area (Å²) in [6.07, 6.45) is -0.433. The number of carbonyl (C=O) groups is 1. The molecular weight excluding hydrogens is 485 g/mol. The first kappa shape index (κ1) is 25.5. The molecule has 0 saturated carbocycles. The summed E-state index contributed by atoms with van der Waals surface area (Å²) in [5.41, 5.74) is 1.07. The number of benzene rings is 1. The number of anilines is 1. The van der Waals surface area contributed by atoms with Crippen LogP contribution in [-0.4, -0.2) is 32.0 Å². The number of hydrogen-bond acceptors (Lipinski definition) is 7. The summed E-state index contributed by atoms with van der Waals surface area (Å²) in [6.45, 7) is 8.87. The minimum absolute atomic E-state index is 0.0178. The summed E-state index contributed by atoms with van der Waals surface area (Å²) in [7, 11) is 0. The minimum Gasteiger partial charge on any atom is -0.443 e. The van der Waals surface area contributed by atoms with Crippen molar-refractivity contribution in [2.24, 2.45) is 0 Å². The van der Waals surface area contributed by atoms with Crippen molar-refractivity contribution < 1.29 is 14.1 Å². The molecule has 2 aromatic heterocycles. The smallest absolute Gasteiger partial charge is 0.438 e. The Hall–Kier alpha value is -3.11. The Morgan fingerprint density at radius 1 is 1.18 bits per heavy atom. The molecule has 2 N–H and O–H groups in total. The Morgan fingerprint density at radius 3 is 2.35 bits per heavy atom. The summed E-state index contributed by atoms with van der Waals surface area (Å²) in [5.74, 6) is -0.616. The Morgan fingerprint density at radius 2 is 1.82 bits per heavy atom. The van der Waals surface area contributed by atoms with Gasteiger partial charge in [0.2, 0.25) is 0 Å². The van der Waals surface area contributed by atoms with Gasteiger partial charge in [0, 0.05) is 22.0 Å². The lowest BCUT2D eigenvalue weighted by molar-refractivity contribution is 0.0576. The molecule has 34 heavy (non-hydrogen) atoms. The zero-order valence-corrected chi connectivity index (χ0v) is 20.9. The first-order valence-electron chi connectivity index (χ1n) is 10.5. The van der Waals surface area contributed by atoms with Gasteiger partial charge in [-0.05, 0) is 50.5 Å². The standard InChI is InChI=1S/C22H25Cl2N5O5/c1-11(2)14-6-12(26-27-19(14)30)7-15-16(23)8-13(9-17(15)24)29(21(32)33-22(3,4)5)10-18-25-20(31)34-28-18/h6,8-9,11H,7,10H2,1-5H3,(H,27,30)(H,25,28,31). The molecule has 3 rings (SSSR count). The third-order valence-corrected chi connectivity index (χ3v) is 5.38. The van der Waals surface area contributed by atoms with E-state index in [-0.39, 0.29) is 40.3 Å². The van der Waals surface area contributed by atoms with E-state index >= 15 is 0 Å². The SMILES string of the molecule is CC(C)c1cc(Cc2c(Cl)cc(N(Cc3noc(=O)[nH]3)C(=O)OC(C)(C)C)cc2Cl)n[nH]c1=O. The van der Waals surface area contributed by atoms with Gasteiger partial charge in [-0.2, -0.15) is 5.10 Å². The number of hydrogen-bond donors (Lipinski definition) is 2. The van der Waals surface area contributed by atoms with Crippen LogP contribution >= 0.6 is 23.2 Å². The topological polar surface area (TPSA) is 134 Å². The van der Waals surface area contributed by atoms with Gasteiger partial charge in [-0.25, -0.2) is 14.7 Å². The first-order valence-corrected chi connectivity index (χ1v) is 11.2. The van der Waals surface area contributed by atoms with Crippen molar-refractivity contribution in [2.75, 3.05) is 4.90 Å². The largest absolute Gasteiger partial charge is 0.443 e. The molecule has 12 heteroatoms. The summed E-state index contributed by atoms with van der Waals surface area (Å²) < 4.78 is 10.0. The second-order valence-corrected chi connectivity index (χ2v) is 9.79. The zero-order valence-electron chi connectivity index (χ0n) is 19.4. The van der Waals surface area contributed by atoms with Crippen LogP contribution < -0.4 is 16.2 Å². The van der Waals surface area contributed by atoms with Crippen LogP contribution in [0, 0.1) is 0 Å². The molecule has 0 saturated heterocycles. The molecule has 2 heterocycles. The average molecular weight is 510 g/mol. The Bertz CT molecular complexity index is 1280. The maximum atomic E-state index is 12.9. The van der Waals surface area contributed by atoms with E-state index in [1.54, 1.807) is 39.0 Å². The van der Waals surface area contributed by atoms with Crippen molar-refractivity contribution in [3.05, 3.63) is 71.8 Å². The first-order chi connectivity index (χ1) is 15.8. The van der Waals surface area contributed by atoms with Gasteiger partial charge >= 0.3 is 11.8 Å². The lowest BCUT2D eigenvalue weighted by atomic mass is 10.0. The number of aromatic amines is 2. The number of halogens is 2. The van der Waals surface area contributed by atoms with Crippen LogP contribution in [0.4, 0.5) is 10.5 Å². The van der Waals surface area contributed by atoms with Crippen molar-refractivity contribution in [2.45, 2.75) is 59.1 Å². The van der Waals surface area contributed by atoms with Crippen molar-refractivity contribution in [1.29, 1.82) is 0 Å². The third kappa shape index (κ3) is 6.27. The van der Waals surface area contributed by atoms with Crippen molar-refractivity contribution >= 4 is 35.0 Å². The number of amides is 1. The van der Waals surface area contributed by atoms with Crippen LogP contribution in [0.25, 0.3) is 0 Å². The van der Waals surface area contributed by atoms with Gasteiger partial charge in [-0.15, -0.1) is 0 Å².